The Labute approximate surface area is 301 Å². The van der Waals surface area contributed by atoms with Gasteiger partial charge in [-0.1, -0.05) is 60.7 Å². The Balaban J connectivity index is 1.02. The molecule has 2 heterocycles. The molecule has 2 unspecified atom stereocenters. The molecule has 1 fully saturated rings. The highest BCUT2D eigenvalue weighted by Crippen LogP contribution is 2.51. The van der Waals surface area contributed by atoms with E-state index in [1.165, 1.54) is 5.56 Å². The van der Waals surface area contributed by atoms with Crippen molar-refractivity contribution >= 4 is 23.5 Å². The van der Waals surface area contributed by atoms with Crippen LogP contribution in [0.15, 0.2) is 95.9 Å². The van der Waals surface area contributed by atoms with Crippen LogP contribution < -0.4 is 22.8 Å². The van der Waals surface area contributed by atoms with Gasteiger partial charge in [0, 0.05) is 44.4 Å². The Bertz CT molecular complexity index is 1700. The number of benzene rings is 4. The maximum Gasteiger partial charge on any atom is 0.338 e. The summed E-state index contributed by atoms with van der Waals surface area (Å²) in [7, 11) is 4.95. The molecule has 8 nitrogen and oxygen atoms in total. The van der Waals surface area contributed by atoms with E-state index >= 15 is 0 Å². The summed E-state index contributed by atoms with van der Waals surface area (Å²) in [6.07, 6.45) is 2.95. The first-order chi connectivity index (χ1) is 24.5. The minimum Gasteiger partial charge on any atom is -0.493 e. The van der Waals surface area contributed by atoms with E-state index in [0.717, 1.165) is 86.0 Å². The largest absolute Gasteiger partial charge is 0.493 e. The van der Waals surface area contributed by atoms with Crippen molar-refractivity contribution in [2.45, 2.75) is 43.5 Å². The van der Waals surface area contributed by atoms with E-state index in [9.17, 15) is 4.79 Å². The van der Waals surface area contributed by atoms with Gasteiger partial charge in [0.25, 0.3) is 0 Å². The third kappa shape index (κ3) is 7.97. The molecule has 0 radical (unpaired) electrons. The van der Waals surface area contributed by atoms with Gasteiger partial charge in [0.05, 0.1) is 38.7 Å². The minimum atomic E-state index is -0.223. The molecule has 0 aromatic heterocycles. The smallest absolute Gasteiger partial charge is 0.338 e. The van der Waals surface area contributed by atoms with E-state index in [4.69, 9.17) is 18.9 Å². The molecule has 9 heteroatoms. The predicted octanol–water partition coefficient (Wildman–Crippen LogP) is 7.59. The van der Waals surface area contributed by atoms with Crippen LogP contribution in [0.25, 0.3) is 0 Å². The van der Waals surface area contributed by atoms with Gasteiger partial charge in [0.2, 0.25) is 5.75 Å². The van der Waals surface area contributed by atoms with Gasteiger partial charge in [0.15, 0.2) is 22.9 Å². The third-order valence-electron chi connectivity index (χ3n) is 9.90. The molecule has 264 valence electrons. The number of quaternary nitrogens is 1. The van der Waals surface area contributed by atoms with Crippen molar-refractivity contribution in [1.29, 1.82) is 0 Å². The number of nitrogens with zero attached hydrogens (tertiary/aromatic N) is 3. The molecular weight excluding hydrogens is 647 g/mol. The van der Waals surface area contributed by atoms with Gasteiger partial charge >= 0.3 is 5.91 Å². The number of ether oxygens (including phenoxy) is 4. The summed E-state index contributed by atoms with van der Waals surface area (Å²) in [4.78, 5) is 20.6. The summed E-state index contributed by atoms with van der Waals surface area (Å²) in [6.45, 7) is 9.51. The first kappa shape index (κ1) is 35.8. The molecule has 0 saturated carbocycles. The van der Waals surface area contributed by atoms with Crippen molar-refractivity contribution in [1.82, 2.24) is 13.7 Å². The SMILES string of the molecule is COc1cc(CCN2CCN(CCCCOc3ccccc3[N+]3(Cc4ccccc4)Sc4ccccc4C(C)C3=O)CC2)cc(OC)c1OC. The van der Waals surface area contributed by atoms with Crippen LogP contribution in [-0.4, -0.2) is 82.9 Å². The van der Waals surface area contributed by atoms with Gasteiger partial charge in [-0.05, 0) is 68.1 Å². The van der Waals surface area contributed by atoms with Crippen LogP contribution in [0.1, 0.15) is 42.4 Å². The summed E-state index contributed by atoms with van der Waals surface area (Å²) in [6, 6.07) is 30.9. The highest BCUT2D eigenvalue weighted by molar-refractivity contribution is 7.99. The topological polar surface area (TPSA) is 60.5 Å². The van der Waals surface area contributed by atoms with Gasteiger partial charge in [-0.2, -0.15) is 3.89 Å². The van der Waals surface area contributed by atoms with E-state index < -0.39 is 0 Å². The molecule has 50 heavy (non-hydrogen) atoms. The fourth-order valence-electron chi connectivity index (χ4n) is 7.08. The zero-order valence-corrected chi connectivity index (χ0v) is 30.6. The van der Waals surface area contributed by atoms with Gasteiger partial charge in [0.1, 0.15) is 18.5 Å². The molecule has 4 aromatic carbocycles. The predicted molar refractivity (Wildman–Crippen MR) is 202 cm³/mol. The molecule has 1 saturated heterocycles. The first-order valence-corrected chi connectivity index (χ1v) is 18.4. The van der Waals surface area contributed by atoms with E-state index in [2.05, 4.69) is 46.2 Å². The molecule has 6 rings (SSSR count). The number of hydrogen-bond donors (Lipinski definition) is 0. The number of piperazine rings is 1. The Morgan fingerprint density at radius 3 is 2.06 bits per heavy atom. The normalized spacial score (nSPS) is 19.5. The van der Waals surface area contributed by atoms with Crippen molar-refractivity contribution in [2.75, 3.05) is 67.2 Å². The molecule has 1 amide bonds. The zero-order valence-electron chi connectivity index (χ0n) is 29.8. The molecule has 0 N–H and O–H groups in total. The van der Waals surface area contributed by atoms with Crippen molar-refractivity contribution in [2.24, 2.45) is 0 Å². The van der Waals surface area contributed by atoms with Crippen molar-refractivity contribution < 1.29 is 23.7 Å². The Kier molecular flexibility index (Phi) is 12.0. The fraction of sp³-hybridized carbons (Fsp3) is 0.390. The number of carbonyl (C=O) groups excluding carboxylic acids is 1. The Morgan fingerprint density at radius 1 is 0.720 bits per heavy atom. The summed E-state index contributed by atoms with van der Waals surface area (Å²) in [5.41, 5.74) is 4.31. The lowest BCUT2D eigenvalue weighted by molar-refractivity contribution is -0.127. The number of unbranched alkanes of at least 4 members (excludes halogenated alkanes) is 1. The highest BCUT2D eigenvalue weighted by atomic mass is 32.2. The quantitative estimate of drug-likeness (QED) is 0.0717. The second kappa shape index (κ2) is 16.8. The molecule has 2 aliphatic heterocycles. The molecule has 2 aliphatic rings. The molecule has 0 spiro atoms. The van der Waals surface area contributed by atoms with Gasteiger partial charge in [-0.15, -0.1) is 0 Å². The van der Waals surface area contributed by atoms with Gasteiger partial charge in [-0.3, -0.25) is 0 Å². The molecule has 4 aromatic rings. The van der Waals surface area contributed by atoms with Crippen molar-refractivity contribution in [3.63, 3.8) is 0 Å². The minimum absolute atomic E-state index is 0.141. The Hall–Kier alpha value is -4.02. The summed E-state index contributed by atoms with van der Waals surface area (Å²) < 4.78 is 23.2. The highest BCUT2D eigenvalue weighted by Gasteiger charge is 2.51. The Morgan fingerprint density at radius 2 is 1.36 bits per heavy atom. The lowest BCUT2D eigenvalue weighted by Crippen LogP contribution is -2.51. The summed E-state index contributed by atoms with van der Waals surface area (Å²) in [5, 5.41) is 0. The van der Waals surface area contributed by atoms with E-state index in [-0.39, 0.29) is 15.7 Å². The second-order valence-electron chi connectivity index (χ2n) is 13.1. The van der Waals surface area contributed by atoms with Crippen LogP contribution in [0, 0.1) is 0 Å². The molecular formula is C41H50N3O5S+. The average molecular weight is 697 g/mol. The summed E-state index contributed by atoms with van der Waals surface area (Å²) >= 11 is 1.63. The van der Waals surface area contributed by atoms with Crippen LogP contribution in [0.2, 0.25) is 0 Å². The third-order valence-corrected chi connectivity index (χ3v) is 11.3. The number of hydrogen-bond acceptors (Lipinski definition) is 8. The van der Waals surface area contributed by atoms with E-state index in [1.54, 1.807) is 33.3 Å². The lowest BCUT2D eigenvalue weighted by Gasteiger charge is -2.39. The standard InChI is InChI=1S/C41H50N3O5S/c1-31-34-16-8-11-19-39(34)50-44(41(31)45,30-32-14-6-5-7-15-32)35-17-9-10-18-36(35)49-27-13-12-21-42-23-25-43(26-24-42)22-20-33-28-37(46-2)40(48-4)38(29-33)47-3/h5-11,14-19,28-29,31H,12-13,20-27,30H2,1-4H3/q+1. The molecule has 0 aliphatic carbocycles. The van der Waals surface area contributed by atoms with Gasteiger partial charge in [-0.25, -0.2) is 4.79 Å². The number of methoxy groups -OCH3 is 3. The van der Waals surface area contributed by atoms with Crippen LogP contribution in [-0.2, 0) is 17.8 Å². The van der Waals surface area contributed by atoms with Crippen LogP contribution in [0.3, 0.4) is 0 Å². The van der Waals surface area contributed by atoms with E-state index in [1.807, 2.05) is 61.5 Å². The van der Waals surface area contributed by atoms with Crippen molar-refractivity contribution in [3.05, 3.63) is 108 Å². The van der Waals surface area contributed by atoms with Crippen molar-refractivity contribution in [3.8, 4) is 23.0 Å². The van der Waals surface area contributed by atoms with Crippen LogP contribution in [0.5, 0.6) is 23.0 Å². The molecule has 2 atom stereocenters. The zero-order chi connectivity index (χ0) is 34.9. The number of fused-ring (bicyclic) bond motifs is 1. The van der Waals surface area contributed by atoms with Crippen LogP contribution in [0.4, 0.5) is 5.69 Å². The number of para-hydroxylation sites is 2. The fourth-order valence-corrected chi connectivity index (χ4v) is 8.62. The maximum absolute atomic E-state index is 14.4. The molecule has 0 bridgehead atoms. The monoisotopic (exact) mass is 696 g/mol. The first-order valence-electron chi connectivity index (χ1n) is 17.7. The number of carbonyl (C=O) groups is 1. The van der Waals surface area contributed by atoms with E-state index in [0.29, 0.717) is 30.4 Å². The maximum atomic E-state index is 14.4. The summed E-state index contributed by atoms with van der Waals surface area (Å²) in [5.74, 6) is 2.78. The number of amides is 1. The van der Waals surface area contributed by atoms with Crippen LogP contribution >= 0.6 is 11.9 Å². The average Bonchev–Trinajstić information content (AvgIpc) is 3.16. The lowest BCUT2D eigenvalue weighted by atomic mass is 9.98. The number of rotatable bonds is 15. The second-order valence-corrected chi connectivity index (χ2v) is 14.3. The van der Waals surface area contributed by atoms with Gasteiger partial charge < -0.3 is 28.7 Å².